The largest absolute Gasteiger partial charge is 0.316 e. The molecule has 0 aromatic heterocycles. The number of allylic oxidation sites excluding steroid dienone is 2. The summed E-state index contributed by atoms with van der Waals surface area (Å²) in [5.74, 6) is 0.249. The third kappa shape index (κ3) is 4.36. The van der Waals surface area contributed by atoms with E-state index in [-0.39, 0.29) is 5.91 Å². The van der Waals surface area contributed by atoms with Crippen molar-refractivity contribution in [2.75, 3.05) is 6.54 Å². The first-order valence-corrected chi connectivity index (χ1v) is 8.28. The maximum Gasteiger partial charge on any atom is 0.223 e. The summed E-state index contributed by atoms with van der Waals surface area (Å²) in [6, 6.07) is 0. The number of carbonyl (C=O) groups is 1. The normalized spacial score (nSPS) is 23.3. The van der Waals surface area contributed by atoms with Crippen molar-refractivity contribution in [2.45, 2.75) is 84.0 Å². The number of rotatable bonds is 0. The molecular formula is C17H29NO. The highest BCUT2D eigenvalue weighted by atomic mass is 16.2. The van der Waals surface area contributed by atoms with E-state index in [0.29, 0.717) is 0 Å². The van der Waals surface area contributed by atoms with Crippen molar-refractivity contribution in [3.05, 3.63) is 11.3 Å². The molecule has 0 aromatic carbocycles. The van der Waals surface area contributed by atoms with E-state index in [2.05, 4.69) is 4.90 Å². The van der Waals surface area contributed by atoms with Crippen molar-refractivity contribution in [3.8, 4) is 0 Å². The van der Waals surface area contributed by atoms with E-state index in [4.69, 9.17) is 0 Å². The molecule has 0 fully saturated rings. The van der Waals surface area contributed by atoms with Crippen LogP contribution in [0, 0.1) is 0 Å². The molecule has 1 amide bonds. The van der Waals surface area contributed by atoms with Crippen LogP contribution >= 0.6 is 0 Å². The van der Waals surface area contributed by atoms with Gasteiger partial charge in [0.15, 0.2) is 0 Å². The minimum Gasteiger partial charge on any atom is -0.316 e. The second-order valence-electron chi connectivity index (χ2n) is 6.15. The lowest BCUT2D eigenvalue weighted by molar-refractivity contribution is -0.127. The molecule has 0 unspecified atom stereocenters. The van der Waals surface area contributed by atoms with Gasteiger partial charge in [-0.05, 0) is 38.5 Å². The zero-order valence-corrected chi connectivity index (χ0v) is 12.5. The standard InChI is InChI=1S/C17H29NO/c1-15(19)18-14-10-12-16-11-8-6-4-2-3-5-7-9-13-17(16)18/h2-14H2,1H3. The molecule has 0 aromatic rings. The van der Waals surface area contributed by atoms with Crippen LogP contribution in [0.25, 0.3) is 0 Å². The molecule has 0 spiro atoms. The Labute approximate surface area is 118 Å². The second kappa shape index (κ2) is 7.72. The van der Waals surface area contributed by atoms with Crippen molar-refractivity contribution in [1.29, 1.82) is 0 Å². The fraction of sp³-hybridized carbons (Fsp3) is 0.824. The van der Waals surface area contributed by atoms with Crippen LogP contribution < -0.4 is 0 Å². The van der Waals surface area contributed by atoms with Crippen LogP contribution in [0.4, 0.5) is 0 Å². The van der Waals surface area contributed by atoms with E-state index in [1.54, 1.807) is 12.5 Å². The predicted molar refractivity (Wildman–Crippen MR) is 79.8 cm³/mol. The van der Waals surface area contributed by atoms with Crippen molar-refractivity contribution in [2.24, 2.45) is 0 Å². The van der Waals surface area contributed by atoms with Gasteiger partial charge in [-0.15, -0.1) is 0 Å². The first-order chi connectivity index (χ1) is 9.29. The number of amides is 1. The van der Waals surface area contributed by atoms with Crippen LogP contribution in [0.1, 0.15) is 84.0 Å². The summed E-state index contributed by atoms with van der Waals surface area (Å²) in [7, 11) is 0. The number of carbonyl (C=O) groups excluding carboxylic acids is 1. The Morgan fingerprint density at radius 3 is 1.95 bits per heavy atom. The summed E-state index contributed by atoms with van der Waals surface area (Å²) in [6.45, 7) is 2.68. The van der Waals surface area contributed by atoms with Gasteiger partial charge in [0.2, 0.25) is 5.91 Å². The quantitative estimate of drug-likeness (QED) is 0.615. The number of hydrogen-bond donors (Lipinski definition) is 0. The highest BCUT2D eigenvalue weighted by molar-refractivity contribution is 5.75. The average molecular weight is 263 g/mol. The van der Waals surface area contributed by atoms with Crippen LogP contribution in [-0.2, 0) is 4.79 Å². The number of nitrogens with zero attached hydrogens (tertiary/aromatic N) is 1. The average Bonchev–Trinajstić information content (AvgIpc) is 2.39. The van der Waals surface area contributed by atoms with Crippen LogP contribution in [0.2, 0.25) is 0 Å². The SMILES string of the molecule is CC(=O)N1CCCC2=C1CCCCCCCCCC2. The summed E-state index contributed by atoms with van der Waals surface area (Å²) >= 11 is 0. The summed E-state index contributed by atoms with van der Waals surface area (Å²) in [5, 5.41) is 0. The lowest BCUT2D eigenvalue weighted by Crippen LogP contribution is -2.33. The van der Waals surface area contributed by atoms with Crippen LogP contribution in [-0.4, -0.2) is 17.4 Å². The monoisotopic (exact) mass is 263 g/mol. The van der Waals surface area contributed by atoms with E-state index in [1.165, 1.54) is 76.3 Å². The lowest BCUT2D eigenvalue weighted by atomic mass is 9.92. The fourth-order valence-electron chi connectivity index (χ4n) is 3.54. The Morgan fingerprint density at radius 2 is 1.32 bits per heavy atom. The van der Waals surface area contributed by atoms with Gasteiger partial charge in [0.25, 0.3) is 0 Å². The third-order valence-corrected chi connectivity index (χ3v) is 4.62. The molecule has 2 aliphatic rings. The molecule has 0 radical (unpaired) electrons. The van der Waals surface area contributed by atoms with Gasteiger partial charge < -0.3 is 4.90 Å². The molecule has 1 aliphatic heterocycles. The maximum absolute atomic E-state index is 11.8. The molecule has 2 nitrogen and oxygen atoms in total. The molecule has 0 atom stereocenters. The second-order valence-corrected chi connectivity index (χ2v) is 6.15. The van der Waals surface area contributed by atoms with E-state index in [9.17, 15) is 4.79 Å². The Hall–Kier alpha value is -0.790. The van der Waals surface area contributed by atoms with E-state index < -0.39 is 0 Å². The molecule has 1 aliphatic carbocycles. The zero-order chi connectivity index (χ0) is 13.5. The predicted octanol–water partition coefficient (Wildman–Crippen LogP) is 4.80. The van der Waals surface area contributed by atoms with Crippen molar-refractivity contribution in [3.63, 3.8) is 0 Å². The van der Waals surface area contributed by atoms with Gasteiger partial charge in [0, 0.05) is 19.2 Å². The summed E-state index contributed by atoms with van der Waals surface area (Å²) < 4.78 is 0. The molecule has 0 bridgehead atoms. The molecule has 0 saturated heterocycles. The lowest BCUT2D eigenvalue weighted by Gasteiger charge is -2.32. The molecule has 2 heteroatoms. The third-order valence-electron chi connectivity index (χ3n) is 4.62. The smallest absolute Gasteiger partial charge is 0.223 e. The van der Waals surface area contributed by atoms with Crippen molar-refractivity contribution in [1.82, 2.24) is 4.90 Å². The summed E-state index contributed by atoms with van der Waals surface area (Å²) in [6.07, 6.45) is 15.7. The van der Waals surface area contributed by atoms with Crippen LogP contribution in [0.5, 0.6) is 0 Å². The van der Waals surface area contributed by atoms with Crippen LogP contribution in [0.3, 0.4) is 0 Å². The van der Waals surface area contributed by atoms with Gasteiger partial charge in [-0.3, -0.25) is 4.79 Å². The Kier molecular flexibility index (Phi) is 5.93. The first-order valence-electron chi connectivity index (χ1n) is 8.28. The van der Waals surface area contributed by atoms with Gasteiger partial charge in [0.05, 0.1) is 0 Å². The van der Waals surface area contributed by atoms with Crippen molar-refractivity contribution >= 4 is 5.91 Å². The molecule has 1 heterocycles. The van der Waals surface area contributed by atoms with E-state index >= 15 is 0 Å². The maximum atomic E-state index is 11.8. The van der Waals surface area contributed by atoms with Gasteiger partial charge >= 0.3 is 0 Å². The first kappa shape index (κ1) is 14.6. The Morgan fingerprint density at radius 1 is 0.789 bits per heavy atom. The van der Waals surface area contributed by atoms with E-state index in [0.717, 1.165) is 13.0 Å². The summed E-state index contributed by atoms with van der Waals surface area (Å²) in [4.78, 5) is 13.9. The minimum absolute atomic E-state index is 0.249. The van der Waals surface area contributed by atoms with Gasteiger partial charge in [0.1, 0.15) is 0 Å². The van der Waals surface area contributed by atoms with Gasteiger partial charge in [-0.2, -0.15) is 0 Å². The summed E-state index contributed by atoms with van der Waals surface area (Å²) in [5.41, 5.74) is 3.00. The molecule has 108 valence electrons. The zero-order valence-electron chi connectivity index (χ0n) is 12.5. The van der Waals surface area contributed by atoms with E-state index in [1.807, 2.05) is 0 Å². The Balaban J connectivity index is 2.08. The molecule has 19 heavy (non-hydrogen) atoms. The van der Waals surface area contributed by atoms with Gasteiger partial charge in [-0.25, -0.2) is 0 Å². The van der Waals surface area contributed by atoms with Crippen molar-refractivity contribution < 1.29 is 4.79 Å². The molecule has 0 saturated carbocycles. The van der Waals surface area contributed by atoms with Crippen LogP contribution in [0.15, 0.2) is 11.3 Å². The van der Waals surface area contributed by atoms with Gasteiger partial charge in [-0.1, -0.05) is 44.1 Å². The molecule has 0 N–H and O–H groups in total. The topological polar surface area (TPSA) is 20.3 Å². The minimum atomic E-state index is 0.249. The fourth-order valence-corrected chi connectivity index (χ4v) is 3.54. The highest BCUT2D eigenvalue weighted by Crippen LogP contribution is 2.30. The highest BCUT2D eigenvalue weighted by Gasteiger charge is 2.22. The number of hydrogen-bond acceptors (Lipinski definition) is 1. The Bertz CT molecular complexity index is 332. The molecule has 2 rings (SSSR count). The molecular weight excluding hydrogens is 234 g/mol.